The van der Waals surface area contributed by atoms with Crippen molar-refractivity contribution in [1.82, 2.24) is 15.5 Å². The third-order valence-corrected chi connectivity index (χ3v) is 5.92. The van der Waals surface area contributed by atoms with Crippen molar-refractivity contribution in [2.45, 2.75) is 30.8 Å². The Hall–Kier alpha value is -3.04. The molecule has 2 fully saturated rings. The number of nitrogens with zero attached hydrogens (tertiary/aromatic N) is 1. The lowest BCUT2D eigenvalue weighted by atomic mass is 10.1. The second kappa shape index (κ2) is 8.37. The van der Waals surface area contributed by atoms with Crippen molar-refractivity contribution in [2.75, 3.05) is 5.88 Å². The van der Waals surface area contributed by atoms with Gasteiger partial charge in [-0.2, -0.15) is 0 Å². The molecule has 0 aromatic heterocycles. The van der Waals surface area contributed by atoms with Crippen molar-refractivity contribution in [3.8, 4) is 5.75 Å². The molecule has 156 valence electrons. The minimum Gasteiger partial charge on any atom is -0.477 e. The van der Waals surface area contributed by atoms with Crippen molar-refractivity contribution < 1.29 is 23.9 Å². The maximum Gasteiger partial charge on any atom is 0.370 e. The standard InChI is InChI=1S/C21H21N3O5S/c1-14(25)23-21(20(27)28-12-15-8-4-2-5-9-15)22-13-30-19-17(18(26)24(19)21)29-16-10-6-3-7-11-16/h2-11,17,19,22H,12-13H2,1H3,(H,23,25). The van der Waals surface area contributed by atoms with Gasteiger partial charge in [0.1, 0.15) is 17.7 Å². The van der Waals surface area contributed by atoms with Crippen LogP contribution in [0.2, 0.25) is 0 Å². The Morgan fingerprint density at radius 1 is 1.17 bits per heavy atom. The summed E-state index contributed by atoms with van der Waals surface area (Å²) >= 11 is 1.42. The molecule has 2 aliphatic heterocycles. The summed E-state index contributed by atoms with van der Waals surface area (Å²) in [6.07, 6.45) is -0.755. The zero-order valence-electron chi connectivity index (χ0n) is 16.2. The minimum absolute atomic E-state index is 0.0203. The van der Waals surface area contributed by atoms with E-state index in [1.807, 2.05) is 48.5 Å². The summed E-state index contributed by atoms with van der Waals surface area (Å²) in [4.78, 5) is 39.3. The van der Waals surface area contributed by atoms with Crippen molar-refractivity contribution >= 4 is 29.5 Å². The van der Waals surface area contributed by atoms with Crippen LogP contribution in [0, 0.1) is 0 Å². The number of nitrogens with one attached hydrogen (secondary N) is 2. The molecular weight excluding hydrogens is 406 g/mol. The molecule has 2 aromatic carbocycles. The first-order valence-corrected chi connectivity index (χ1v) is 10.5. The van der Waals surface area contributed by atoms with E-state index in [1.165, 1.54) is 23.6 Å². The second-order valence-electron chi connectivity index (χ2n) is 6.89. The summed E-state index contributed by atoms with van der Waals surface area (Å²) in [5, 5.41) is 5.09. The normalized spacial score (nSPS) is 25.0. The maximum atomic E-state index is 13.1. The lowest BCUT2D eigenvalue weighted by molar-refractivity contribution is -0.192. The van der Waals surface area contributed by atoms with Crippen LogP contribution >= 0.6 is 11.8 Å². The molecule has 0 bridgehead atoms. The number of β-lactam (4-membered cyclic amide) rings is 1. The number of para-hydroxylation sites is 1. The quantitative estimate of drug-likeness (QED) is 0.532. The molecule has 0 aliphatic carbocycles. The molecule has 30 heavy (non-hydrogen) atoms. The van der Waals surface area contributed by atoms with Crippen molar-refractivity contribution in [3.63, 3.8) is 0 Å². The maximum absolute atomic E-state index is 13.1. The van der Waals surface area contributed by atoms with Gasteiger partial charge in [0.2, 0.25) is 12.0 Å². The highest BCUT2D eigenvalue weighted by Gasteiger charge is 2.65. The molecule has 8 nitrogen and oxygen atoms in total. The van der Waals surface area contributed by atoms with Gasteiger partial charge >= 0.3 is 5.97 Å². The van der Waals surface area contributed by atoms with Crippen LogP contribution in [0.4, 0.5) is 0 Å². The molecule has 0 spiro atoms. The predicted molar refractivity (Wildman–Crippen MR) is 110 cm³/mol. The summed E-state index contributed by atoms with van der Waals surface area (Å²) in [7, 11) is 0. The molecule has 2 aromatic rings. The van der Waals surface area contributed by atoms with E-state index in [1.54, 1.807) is 12.1 Å². The van der Waals surface area contributed by atoms with Crippen LogP contribution in [0.15, 0.2) is 60.7 Å². The van der Waals surface area contributed by atoms with Gasteiger partial charge in [-0.05, 0) is 17.7 Å². The summed E-state index contributed by atoms with van der Waals surface area (Å²) in [5.41, 5.74) is 0.797. The number of amides is 2. The molecule has 3 unspecified atom stereocenters. The van der Waals surface area contributed by atoms with E-state index in [2.05, 4.69) is 10.6 Å². The van der Waals surface area contributed by atoms with Gasteiger partial charge in [0.15, 0.2) is 0 Å². The summed E-state index contributed by atoms with van der Waals surface area (Å²) < 4.78 is 11.3. The Balaban J connectivity index is 1.54. The average molecular weight is 427 g/mol. The highest BCUT2D eigenvalue weighted by Crippen LogP contribution is 2.40. The van der Waals surface area contributed by atoms with Gasteiger partial charge in [0.25, 0.3) is 11.7 Å². The molecule has 4 rings (SSSR count). The van der Waals surface area contributed by atoms with Crippen LogP contribution in [-0.4, -0.2) is 45.8 Å². The van der Waals surface area contributed by atoms with Crippen LogP contribution in [0.1, 0.15) is 12.5 Å². The van der Waals surface area contributed by atoms with Crippen LogP contribution < -0.4 is 15.4 Å². The molecule has 2 amide bonds. The van der Waals surface area contributed by atoms with Gasteiger partial charge in [-0.25, -0.2) is 4.79 Å². The largest absolute Gasteiger partial charge is 0.477 e. The van der Waals surface area contributed by atoms with Gasteiger partial charge in [0.05, 0.1) is 0 Å². The van der Waals surface area contributed by atoms with Crippen LogP contribution in [-0.2, 0) is 25.7 Å². The first-order chi connectivity index (χ1) is 14.5. The number of hydrogen-bond donors (Lipinski definition) is 2. The predicted octanol–water partition coefficient (Wildman–Crippen LogP) is 1.43. The Morgan fingerprint density at radius 3 is 2.50 bits per heavy atom. The summed E-state index contributed by atoms with van der Waals surface area (Å²) in [6, 6.07) is 18.2. The van der Waals surface area contributed by atoms with E-state index in [9.17, 15) is 14.4 Å². The smallest absolute Gasteiger partial charge is 0.370 e. The van der Waals surface area contributed by atoms with Gasteiger partial charge in [-0.3, -0.25) is 19.8 Å². The Labute approximate surface area is 177 Å². The number of ether oxygens (including phenoxy) is 2. The number of hydrogen-bond acceptors (Lipinski definition) is 7. The van der Waals surface area contributed by atoms with Gasteiger partial charge in [-0.1, -0.05) is 48.5 Å². The Morgan fingerprint density at radius 2 is 1.83 bits per heavy atom. The summed E-state index contributed by atoms with van der Waals surface area (Å²) in [6.45, 7) is 1.30. The fourth-order valence-electron chi connectivity index (χ4n) is 3.44. The molecule has 2 heterocycles. The monoisotopic (exact) mass is 427 g/mol. The Bertz CT molecular complexity index is 942. The molecule has 0 saturated carbocycles. The van der Waals surface area contributed by atoms with Crippen molar-refractivity contribution in [3.05, 3.63) is 66.2 Å². The lowest BCUT2D eigenvalue weighted by Crippen LogP contribution is -2.85. The zero-order valence-corrected chi connectivity index (χ0v) is 17.1. The number of benzene rings is 2. The number of carbonyl (C=O) groups excluding carboxylic acids is 3. The fraction of sp³-hybridized carbons (Fsp3) is 0.286. The minimum atomic E-state index is -1.77. The van der Waals surface area contributed by atoms with Crippen LogP contribution in [0.25, 0.3) is 0 Å². The van der Waals surface area contributed by atoms with Crippen LogP contribution in [0.3, 0.4) is 0 Å². The third kappa shape index (κ3) is 3.73. The summed E-state index contributed by atoms with van der Waals surface area (Å²) in [5.74, 6) is -2.52. The topological polar surface area (TPSA) is 97.0 Å². The third-order valence-electron chi connectivity index (χ3n) is 4.81. The number of rotatable bonds is 6. The highest BCUT2D eigenvalue weighted by molar-refractivity contribution is 8.00. The molecule has 2 N–H and O–H groups in total. The van der Waals surface area contributed by atoms with Crippen LogP contribution in [0.5, 0.6) is 5.75 Å². The zero-order chi connectivity index (χ0) is 21.1. The fourth-order valence-corrected chi connectivity index (χ4v) is 4.66. The van der Waals surface area contributed by atoms with Crippen molar-refractivity contribution in [2.24, 2.45) is 0 Å². The second-order valence-corrected chi connectivity index (χ2v) is 8.00. The first-order valence-electron chi connectivity index (χ1n) is 9.43. The Kier molecular flexibility index (Phi) is 5.65. The van der Waals surface area contributed by atoms with E-state index in [-0.39, 0.29) is 6.61 Å². The number of thioether (sulfide) groups is 1. The number of fused-ring (bicyclic) bond motifs is 1. The average Bonchev–Trinajstić information content (AvgIpc) is 2.76. The number of esters is 1. The van der Waals surface area contributed by atoms with Gasteiger partial charge < -0.3 is 14.8 Å². The van der Waals surface area contributed by atoms with E-state index >= 15 is 0 Å². The van der Waals surface area contributed by atoms with E-state index in [0.717, 1.165) is 5.56 Å². The lowest BCUT2D eigenvalue weighted by Gasteiger charge is -2.56. The van der Waals surface area contributed by atoms with E-state index in [0.29, 0.717) is 11.6 Å². The molecule has 3 atom stereocenters. The molecule has 2 saturated heterocycles. The SMILES string of the molecule is CC(=O)NC1(C(=O)OCc2ccccc2)NCSC2C(Oc3ccccc3)C(=O)N21. The van der Waals surface area contributed by atoms with Crippen molar-refractivity contribution in [1.29, 1.82) is 0 Å². The first kappa shape index (κ1) is 20.2. The van der Waals surface area contributed by atoms with Gasteiger partial charge in [-0.15, -0.1) is 11.8 Å². The van der Waals surface area contributed by atoms with Gasteiger partial charge in [0, 0.05) is 12.8 Å². The van der Waals surface area contributed by atoms with E-state index < -0.39 is 35.0 Å². The number of carbonyl (C=O) groups is 3. The molecule has 0 radical (unpaired) electrons. The molecule has 9 heteroatoms. The molecule has 2 aliphatic rings. The molecular formula is C21H21N3O5S. The highest BCUT2D eigenvalue weighted by atomic mass is 32.2. The van der Waals surface area contributed by atoms with E-state index in [4.69, 9.17) is 9.47 Å².